The van der Waals surface area contributed by atoms with Crippen LogP contribution in [0, 0.1) is 5.82 Å². The van der Waals surface area contributed by atoms with Crippen LogP contribution in [0.25, 0.3) is 6.08 Å². The fourth-order valence-electron chi connectivity index (χ4n) is 4.00. The molecule has 4 rings (SSSR count). The first-order valence-electron chi connectivity index (χ1n) is 12.2. The number of hydrogen-bond acceptors (Lipinski definition) is 9. The number of nitrogens with one attached hydrogen (secondary N) is 1. The molecule has 0 bridgehead atoms. The van der Waals surface area contributed by atoms with E-state index >= 15 is 0 Å². The van der Waals surface area contributed by atoms with E-state index in [9.17, 15) is 23.6 Å². The number of nitrogens with zero attached hydrogens (tertiary/aromatic N) is 1. The minimum Gasteiger partial charge on any atom is -0.493 e. The number of benzene rings is 3. The molecule has 1 aliphatic heterocycles. The molecule has 0 saturated carbocycles. The van der Waals surface area contributed by atoms with Gasteiger partial charge in [0.1, 0.15) is 11.4 Å². The molecule has 1 saturated heterocycles. The van der Waals surface area contributed by atoms with Gasteiger partial charge in [-0.3, -0.25) is 14.9 Å². The van der Waals surface area contributed by atoms with Gasteiger partial charge in [0, 0.05) is 0 Å². The Labute approximate surface area is 234 Å². The number of esters is 1. The first-order chi connectivity index (χ1) is 19.7. The van der Waals surface area contributed by atoms with Gasteiger partial charge in [-0.25, -0.2) is 18.9 Å². The van der Waals surface area contributed by atoms with E-state index in [0.717, 1.165) is 6.07 Å². The molecule has 41 heavy (non-hydrogen) atoms. The van der Waals surface area contributed by atoms with E-state index in [1.54, 1.807) is 6.92 Å². The summed E-state index contributed by atoms with van der Waals surface area (Å²) in [6.07, 6.45) is 1.21. The number of imide groups is 2. The van der Waals surface area contributed by atoms with Crippen LogP contribution in [0.3, 0.4) is 0 Å². The van der Waals surface area contributed by atoms with E-state index in [1.165, 1.54) is 75.9 Å². The fraction of sp³-hybridized carbons (Fsp3) is 0.172. The molecule has 11 nitrogen and oxygen atoms in total. The van der Waals surface area contributed by atoms with Gasteiger partial charge in [0.05, 0.1) is 39.2 Å². The number of barbiturate groups is 1. The Morgan fingerprint density at radius 3 is 2.20 bits per heavy atom. The predicted molar refractivity (Wildman–Crippen MR) is 144 cm³/mol. The normalized spacial score (nSPS) is 14.0. The molecule has 0 radical (unpaired) electrons. The molecule has 3 aromatic carbocycles. The number of methoxy groups -OCH3 is 3. The molecule has 1 fully saturated rings. The van der Waals surface area contributed by atoms with Crippen LogP contribution in [-0.2, 0) is 9.59 Å². The second-order valence-corrected chi connectivity index (χ2v) is 8.35. The summed E-state index contributed by atoms with van der Waals surface area (Å²) in [4.78, 5) is 51.6. The second-order valence-electron chi connectivity index (χ2n) is 8.35. The van der Waals surface area contributed by atoms with Crippen LogP contribution in [0.15, 0.2) is 60.2 Å². The number of hydrogen-bond donors (Lipinski definition) is 1. The number of carbonyl (C=O) groups excluding carboxylic acids is 4. The fourth-order valence-corrected chi connectivity index (χ4v) is 4.00. The Morgan fingerprint density at radius 2 is 1.59 bits per heavy atom. The quantitative estimate of drug-likeness (QED) is 0.176. The van der Waals surface area contributed by atoms with Gasteiger partial charge in [-0.05, 0) is 55.0 Å². The maximum Gasteiger partial charge on any atom is 0.343 e. The topological polar surface area (TPSA) is 130 Å². The number of ether oxygens (including phenoxy) is 5. The Bertz CT molecular complexity index is 1540. The summed E-state index contributed by atoms with van der Waals surface area (Å²) in [6.45, 7) is 1.91. The Balaban J connectivity index is 1.66. The molecule has 4 amide bonds. The van der Waals surface area contributed by atoms with E-state index in [-0.39, 0.29) is 40.9 Å². The summed E-state index contributed by atoms with van der Waals surface area (Å²) in [6, 6.07) is 11.3. The Hall–Kier alpha value is -5.39. The lowest BCUT2D eigenvalue weighted by Gasteiger charge is -2.26. The standard InChI is InChI=1S/C29H25FN2O9/c1-5-40-22-13-16(12-18-26(33)31-29(36)32(27(18)34)20-9-7-6-8-19(20)30)10-11-21(22)41-28(35)17-14-23(37-2)25(39-4)24(15-17)38-3/h6-15H,5H2,1-4H3,(H,31,33,36)/b18-12+. The smallest absolute Gasteiger partial charge is 0.343 e. The van der Waals surface area contributed by atoms with Gasteiger partial charge in [0.25, 0.3) is 11.8 Å². The molecular formula is C29H25FN2O9. The number of halogens is 1. The number of anilines is 1. The first-order valence-corrected chi connectivity index (χ1v) is 12.2. The minimum absolute atomic E-state index is 0.0512. The Morgan fingerprint density at radius 1 is 0.902 bits per heavy atom. The van der Waals surface area contributed by atoms with Crippen LogP contribution < -0.4 is 33.9 Å². The third kappa shape index (κ3) is 5.81. The van der Waals surface area contributed by atoms with Crippen molar-refractivity contribution in [2.45, 2.75) is 6.92 Å². The van der Waals surface area contributed by atoms with Crippen molar-refractivity contribution >= 4 is 35.6 Å². The largest absolute Gasteiger partial charge is 0.493 e. The maximum atomic E-state index is 14.3. The maximum absolute atomic E-state index is 14.3. The zero-order valence-corrected chi connectivity index (χ0v) is 22.5. The molecular weight excluding hydrogens is 539 g/mol. The first kappa shape index (κ1) is 28.6. The molecule has 12 heteroatoms. The van der Waals surface area contributed by atoms with Crippen molar-refractivity contribution in [2.24, 2.45) is 0 Å². The summed E-state index contributed by atoms with van der Waals surface area (Å²) >= 11 is 0. The van der Waals surface area contributed by atoms with E-state index < -0.39 is 35.2 Å². The third-order valence-electron chi connectivity index (χ3n) is 5.88. The lowest BCUT2D eigenvalue weighted by molar-refractivity contribution is -0.122. The molecule has 0 atom stereocenters. The van der Waals surface area contributed by atoms with Crippen molar-refractivity contribution in [3.05, 3.63) is 77.1 Å². The average Bonchev–Trinajstić information content (AvgIpc) is 2.96. The summed E-state index contributed by atoms with van der Waals surface area (Å²) in [5, 5.41) is 2.04. The van der Waals surface area contributed by atoms with E-state index in [0.29, 0.717) is 16.2 Å². The van der Waals surface area contributed by atoms with Gasteiger partial charge in [0.15, 0.2) is 23.0 Å². The van der Waals surface area contributed by atoms with Crippen molar-refractivity contribution < 1.29 is 47.3 Å². The summed E-state index contributed by atoms with van der Waals surface area (Å²) in [7, 11) is 4.26. The van der Waals surface area contributed by atoms with Gasteiger partial charge in [-0.15, -0.1) is 0 Å². The summed E-state index contributed by atoms with van der Waals surface area (Å²) < 4.78 is 41.4. The van der Waals surface area contributed by atoms with Gasteiger partial charge in [-0.2, -0.15) is 0 Å². The van der Waals surface area contributed by atoms with Crippen LogP contribution >= 0.6 is 0 Å². The zero-order valence-electron chi connectivity index (χ0n) is 22.5. The van der Waals surface area contributed by atoms with Crippen LogP contribution in [0.2, 0.25) is 0 Å². The van der Waals surface area contributed by atoms with E-state index in [4.69, 9.17) is 23.7 Å². The van der Waals surface area contributed by atoms with Crippen LogP contribution in [0.4, 0.5) is 14.9 Å². The van der Waals surface area contributed by atoms with Crippen LogP contribution in [0.5, 0.6) is 28.7 Å². The number of urea groups is 1. The monoisotopic (exact) mass is 564 g/mol. The summed E-state index contributed by atoms with van der Waals surface area (Å²) in [5.41, 5.74) is -0.312. The average molecular weight is 565 g/mol. The van der Waals surface area contributed by atoms with E-state index in [2.05, 4.69) is 0 Å². The predicted octanol–water partition coefficient (Wildman–Crippen LogP) is 4.14. The van der Waals surface area contributed by atoms with Crippen LogP contribution in [0.1, 0.15) is 22.8 Å². The highest BCUT2D eigenvalue weighted by Crippen LogP contribution is 2.39. The van der Waals surface area contributed by atoms with Crippen molar-refractivity contribution in [1.82, 2.24) is 5.32 Å². The molecule has 0 unspecified atom stereocenters. The number of amides is 4. The highest BCUT2D eigenvalue weighted by atomic mass is 19.1. The molecule has 0 spiro atoms. The molecule has 1 heterocycles. The SMILES string of the molecule is CCOc1cc(/C=C2\C(=O)NC(=O)N(c3ccccc3F)C2=O)ccc1OC(=O)c1cc(OC)c(OC)c(OC)c1. The highest BCUT2D eigenvalue weighted by molar-refractivity contribution is 6.39. The molecule has 1 aliphatic rings. The molecule has 0 aliphatic carbocycles. The van der Waals surface area contributed by atoms with Crippen molar-refractivity contribution in [3.63, 3.8) is 0 Å². The minimum atomic E-state index is -1.08. The van der Waals surface area contributed by atoms with Gasteiger partial charge in [-0.1, -0.05) is 18.2 Å². The Kier molecular flexibility index (Phi) is 8.51. The van der Waals surface area contributed by atoms with Crippen LogP contribution in [-0.4, -0.2) is 51.8 Å². The molecule has 0 aromatic heterocycles. The summed E-state index contributed by atoms with van der Waals surface area (Å²) in [5.74, 6) is -2.55. The lowest BCUT2D eigenvalue weighted by Crippen LogP contribution is -2.54. The molecule has 1 N–H and O–H groups in total. The van der Waals surface area contributed by atoms with Gasteiger partial charge < -0.3 is 23.7 Å². The number of para-hydroxylation sites is 1. The molecule has 3 aromatic rings. The van der Waals surface area contributed by atoms with Crippen molar-refractivity contribution in [1.29, 1.82) is 0 Å². The number of rotatable bonds is 9. The highest BCUT2D eigenvalue weighted by Gasteiger charge is 2.38. The zero-order chi connectivity index (χ0) is 29.7. The molecule has 212 valence electrons. The van der Waals surface area contributed by atoms with Crippen molar-refractivity contribution in [2.75, 3.05) is 32.8 Å². The van der Waals surface area contributed by atoms with E-state index in [1.807, 2.05) is 5.32 Å². The van der Waals surface area contributed by atoms with Crippen molar-refractivity contribution in [3.8, 4) is 28.7 Å². The number of carbonyl (C=O) groups is 4. The lowest BCUT2D eigenvalue weighted by atomic mass is 10.1. The van der Waals surface area contributed by atoms with Gasteiger partial charge in [0.2, 0.25) is 5.75 Å². The third-order valence-corrected chi connectivity index (χ3v) is 5.88. The second kappa shape index (κ2) is 12.2. The van der Waals surface area contributed by atoms with Gasteiger partial charge >= 0.3 is 12.0 Å².